The van der Waals surface area contributed by atoms with Gasteiger partial charge in [-0.2, -0.15) is 5.10 Å². The van der Waals surface area contributed by atoms with Gasteiger partial charge >= 0.3 is 6.03 Å². The molecule has 3 rings (SSSR count). The Bertz CT molecular complexity index is 928. The van der Waals surface area contributed by atoms with Crippen LogP contribution in [0.5, 0.6) is 11.5 Å². The van der Waals surface area contributed by atoms with Gasteiger partial charge in [0.05, 0.1) is 25.6 Å². The maximum absolute atomic E-state index is 12.3. The molecular weight excluding hydrogens is 360 g/mol. The number of urea groups is 1. The van der Waals surface area contributed by atoms with Gasteiger partial charge in [0.1, 0.15) is 17.6 Å². The zero-order valence-electron chi connectivity index (χ0n) is 15.6. The summed E-state index contributed by atoms with van der Waals surface area (Å²) in [4.78, 5) is 12.3. The van der Waals surface area contributed by atoms with Crippen molar-refractivity contribution < 1.29 is 19.4 Å². The molecule has 3 aromatic rings. The zero-order valence-corrected chi connectivity index (χ0v) is 15.6. The summed E-state index contributed by atoms with van der Waals surface area (Å²) >= 11 is 0. The van der Waals surface area contributed by atoms with Crippen LogP contribution in [0.15, 0.2) is 60.9 Å². The molecule has 1 aromatic heterocycles. The van der Waals surface area contributed by atoms with E-state index in [0.29, 0.717) is 22.7 Å². The smallest absolute Gasteiger partial charge is 0.319 e. The van der Waals surface area contributed by atoms with Crippen molar-refractivity contribution in [2.75, 3.05) is 26.1 Å². The molecule has 28 heavy (non-hydrogen) atoms. The van der Waals surface area contributed by atoms with Crippen LogP contribution >= 0.6 is 0 Å². The highest BCUT2D eigenvalue weighted by Gasteiger charge is 2.16. The minimum atomic E-state index is -0.961. The minimum absolute atomic E-state index is 0.000697. The number of nitrogens with zero attached hydrogens (tertiary/aromatic N) is 2. The molecule has 0 aliphatic rings. The number of para-hydroxylation sites is 2. The van der Waals surface area contributed by atoms with Crippen LogP contribution < -0.4 is 20.1 Å². The highest BCUT2D eigenvalue weighted by Crippen LogP contribution is 2.29. The summed E-state index contributed by atoms with van der Waals surface area (Å²) in [5.41, 5.74) is 1.86. The average Bonchev–Trinajstić information content (AvgIpc) is 3.26. The van der Waals surface area contributed by atoms with Crippen LogP contribution in [-0.4, -0.2) is 41.7 Å². The fraction of sp³-hybridized carbons (Fsp3) is 0.200. The molecule has 0 aliphatic carbocycles. The van der Waals surface area contributed by atoms with Gasteiger partial charge in [-0.05, 0) is 36.4 Å². The first kappa shape index (κ1) is 19.2. The molecule has 1 unspecified atom stereocenters. The molecule has 0 radical (unpaired) electrons. The summed E-state index contributed by atoms with van der Waals surface area (Å²) in [5.74, 6) is 1.10. The van der Waals surface area contributed by atoms with Crippen LogP contribution in [0, 0.1) is 0 Å². The van der Waals surface area contributed by atoms with Crippen molar-refractivity contribution in [2.24, 2.45) is 0 Å². The van der Waals surface area contributed by atoms with E-state index < -0.39 is 12.1 Å². The number of carbonyl (C=O) groups excluding carboxylic acids is 1. The fourth-order valence-corrected chi connectivity index (χ4v) is 2.76. The van der Waals surface area contributed by atoms with E-state index >= 15 is 0 Å². The Balaban J connectivity index is 1.66. The van der Waals surface area contributed by atoms with E-state index in [1.807, 2.05) is 18.2 Å². The number of nitrogens with one attached hydrogen (secondary N) is 2. The lowest BCUT2D eigenvalue weighted by atomic mass is 10.1. The fourth-order valence-electron chi connectivity index (χ4n) is 2.76. The van der Waals surface area contributed by atoms with E-state index in [1.165, 1.54) is 7.11 Å². The van der Waals surface area contributed by atoms with Gasteiger partial charge in [0, 0.05) is 24.5 Å². The Morgan fingerprint density at radius 3 is 2.71 bits per heavy atom. The lowest BCUT2D eigenvalue weighted by Crippen LogP contribution is -2.32. The molecule has 2 amide bonds. The molecule has 1 atom stereocenters. The van der Waals surface area contributed by atoms with Crippen LogP contribution in [0.4, 0.5) is 10.5 Å². The highest BCUT2D eigenvalue weighted by atomic mass is 16.5. The second-order valence-electron chi connectivity index (χ2n) is 5.93. The number of aliphatic hydroxyl groups is 1. The lowest BCUT2D eigenvalue weighted by molar-refractivity contribution is 0.170. The van der Waals surface area contributed by atoms with E-state index in [1.54, 1.807) is 54.5 Å². The lowest BCUT2D eigenvalue weighted by Gasteiger charge is -2.17. The van der Waals surface area contributed by atoms with Crippen LogP contribution in [0.3, 0.4) is 0 Å². The third kappa shape index (κ3) is 4.41. The normalized spacial score (nSPS) is 11.5. The predicted octanol–water partition coefficient (Wildman–Crippen LogP) is 2.74. The number of aliphatic hydroxyl groups excluding tert-OH is 1. The molecule has 0 aliphatic heterocycles. The van der Waals surface area contributed by atoms with Gasteiger partial charge in [-0.15, -0.1) is 0 Å². The summed E-state index contributed by atoms with van der Waals surface area (Å²) in [6, 6.07) is 13.8. The van der Waals surface area contributed by atoms with Crippen LogP contribution in [0.2, 0.25) is 0 Å². The number of methoxy groups -OCH3 is 2. The first-order valence-electron chi connectivity index (χ1n) is 8.66. The molecule has 0 saturated heterocycles. The number of amides is 2. The third-order valence-corrected chi connectivity index (χ3v) is 4.16. The molecular formula is C20H22N4O4. The summed E-state index contributed by atoms with van der Waals surface area (Å²) < 4.78 is 12.1. The minimum Gasteiger partial charge on any atom is -0.497 e. The standard InChI is InChI=1S/C20H22N4O4/c1-27-14-8-9-19(28-2)15(12-14)18(25)13-21-20(26)23-16-6-3-4-7-17(16)24-11-5-10-22-24/h3-12,18,25H,13H2,1-2H3,(H2,21,23,26). The number of hydrogen-bond donors (Lipinski definition) is 3. The molecule has 0 fully saturated rings. The number of rotatable bonds is 7. The van der Waals surface area contributed by atoms with Gasteiger partial charge in [0.2, 0.25) is 0 Å². The van der Waals surface area contributed by atoms with Gasteiger partial charge in [-0.3, -0.25) is 0 Å². The highest BCUT2D eigenvalue weighted by molar-refractivity contribution is 5.91. The summed E-state index contributed by atoms with van der Waals surface area (Å²) in [7, 11) is 3.06. The Morgan fingerprint density at radius 2 is 2.00 bits per heavy atom. The third-order valence-electron chi connectivity index (χ3n) is 4.16. The summed E-state index contributed by atoms with van der Waals surface area (Å²) in [6.45, 7) is -0.000697. The molecule has 2 aromatic carbocycles. The SMILES string of the molecule is COc1ccc(OC)c(C(O)CNC(=O)Nc2ccccc2-n2cccn2)c1. The summed E-state index contributed by atoms with van der Waals surface area (Å²) in [6.07, 6.45) is 2.49. The Labute approximate surface area is 162 Å². The average molecular weight is 382 g/mol. The van der Waals surface area contributed by atoms with E-state index in [2.05, 4.69) is 15.7 Å². The number of hydrogen-bond acceptors (Lipinski definition) is 5. The van der Waals surface area contributed by atoms with Crippen molar-refractivity contribution in [3.63, 3.8) is 0 Å². The van der Waals surface area contributed by atoms with Crippen LogP contribution in [0.1, 0.15) is 11.7 Å². The van der Waals surface area contributed by atoms with Crippen LogP contribution in [0.25, 0.3) is 5.69 Å². The number of ether oxygens (including phenoxy) is 2. The first-order chi connectivity index (χ1) is 13.6. The van der Waals surface area contributed by atoms with Crippen LogP contribution in [-0.2, 0) is 0 Å². The first-order valence-corrected chi connectivity index (χ1v) is 8.66. The maximum Gasteiger partial charge on any atom is 0.319 e. The van der Waals surface area contributed by atoms with E-state index in [-0.39, 0.29) is 6.54 Å². The van der Waals surface area contributed by atoms with Gasteiger partial charge in [0.15, 0.2) is 0 Å². The molecule has 146 valence electrons. The van der Waals surface area contributed by atoms with Crippen molar-refractivity contribution in [3.05, 3.63) is 66.5 Å². The largest absolute Gasteiger partial charge is 0.497 e. The molecule has 3 N–H and O–H groups in total. The van der Waals surface area contributed by atoms with E-state index in [9.17, 15) is 9.90 Å². The number of anilines is 1. The van der Waals surface area contributed by atoms with Crippen molar-refractivity contribution >= 4 is 11.7 Å². The molecule has 1 heterocycles. The Morgan fingerprint density at radius 1 is 1.18 bits per heavy atom. The molecule has 8 nitrogen and oxygen atoms in total. The van der Waals surface area contributed by atoms with Crippen molar-refractivity contribution in [1.29, 1.82) is 0 Å². The second kappa shape index (κ2) is 8.92. The summed E-state index contributed by atoms with van der Waals surface area (Å²) in [5, 5.41) is 20.1. The predicted molar refractivity (Wildman–Crippen MR) is 105 cm³/mol. The number of carbonyl (C=O) groups is 1. The van der Waals surface area contributed by atoms with Gasteiger partial charge in [0.25, 0.3) is 0 Å². The Kier molecular flexibility index (Phi) is 6.13. The maximum atomic E-state index is 12.3. The zero-order chi connectivity index (χ0) is 19.9. The van der Waals surface area contributed by atoms with Gasteiger partial charge in [-0.25, -0.2) is 9.48 Å². The Hall–Kier alpha value is -3.52. The van der Waals surface area contributed by atoms with Gasteiger partial charge in [-0.1, -0.05) is 12.1 Å². The molecule has 0 bridgehead atoms. The number of aromatic nitrogens is 2. The van der Waals surface area contributed by atoms with Crippen molar-refractivity contribution in [1.82, 2.24) is 15.1 Å². The molecule has 0 saturated carbocycles. The quantitative estimate of drug-likeness (QED) is 0.584. The molecule has 0 spiro atoms. The van der Waals surface area contributed by atoms with E-state index in [0.717, 1.165) is 5.69 Å². The van der Waals surface area contributed by atoms with Crippen molar-refractivity contribution in [2.45, 2.75) is 6.10 Å². The van der Waals surface area contributed by atoms with Gasteiger partial charge < -0.3 is 25.2 Å². The van der Waals surface area contributed by atoms with E-state index in [4.69, 9.17) is 9.47 Å². The van der Waals surface area contributed by atoms with Crippen molar-refractivity contribution in [3.8, 4) is 17.2 Å². The number of benzene rings is 2. The topological polar surface area (TPSA) is 97.6 Å². The molecule has 8 heteroatoms. The monoisotopic (exact) mass is 382 g/mol. The second-order valence-corrected chi connectivity index (χ2v) is 5.93.